The minimum Gasteiger partial charge on any atom is -0.303 e. The fourth-order valence-corrected chi connectivity index (χ4v) is 4.64. The molecule has 2 aromatic rings. The third-order valence-electron chi connectivity index (χ3n) is 3.91. The minimum absolute atomic E-state index is 0. The van der Waals surface area contributed by atoms with E-state index in [0.29, 0.717) is 18.1 Å². The van der Waals surface area contributed by atoms with E-state index in [1.54, 1.807) is 36.6 Å². The highest BCUT2D eigenvalue weighted by Gasteiger charge is 2.30. The number of pyridine rings is 1. The molecule has 0 atom stereocenters. The zero-order valence-corrected chi connectivity index (χ0v) is 16.0. The number of rotatable bonds is 2. The predicted molar refractivity (Wildman–Crippen MR) is 100 cm³/mol. The molecule has 1 aliphatic rings. The van der Waals surface area contributed by atoms with Gasteiger partial charge in [0, 0.05) is 36.8 Å². The molecule has 0 radical (unpaired) electrons. The molecule has 1 aromatic heterocycles. The first kappa shape index (κ1) is 21.1. The summed E-state index contributed by atoms with van der Waals surface area (Å²) < 4.78 is 27.8. The maximum atomic E-state index is 13.2. The van der Waals surface area contributed by atoms with Crippen LogP contribution in [0.15, 0.2) is 35.5 Å². The van der Waals surface area contributed by atoms with E-state index in [-0.39, 0.29) is 24.8 Å². The lowest BCUT2D eigenvalue weighted by atomic mass is 10.1. The van der Waals surface area contributed by atoms with E-state index in [1.165, 1.54) is 4.41 Å². The maximum absolute atomic E-state index is 13.2. The Balaban J connectivity index is 0.00000144. The summed E-state index contributed by atoms with van der Waals surface area (Å²) in [6.07, 6.45) is 4.19. The average Bonchev–Trinajstić information content (AvgIpc) is 2.72. The highest BCUT2D eigenvalue weighted by atomic mass is 35.5. The molecule has 1 fully saturated rings. The lowest BCUT2D eigenvalue weighted by molar-refractivity contribution is 0.0987. The molecule has 0 unspecified atom stereocenters. The zero-order valence-electron chi connectivity index (χ0n) is 13.6. The van der Waals surface area contributed by atoms with Gasteiger partial charge in [-0.3, -0.25) is 4.98 Å². The Hall–Kier alpha value is -0.960. The number of hydrogen-bond donors (Lipinski definition) is 1. The number of sulfonamides is 1. The van der Waals surface area contributed by atoms with Gasteiger partial charge in [-0.05, 0) is 31.5 Å². The van der Waals surface area contributed by atoms with Gasteiger partial charge in [-0.25, -0.2) is 13.4 Å². The molecule has 3 rings (SSSR count). The van der Waals surface area contributed by atoms with Gasteiger partial charge >= 0.3 is 0 Å². The quantitative estimate of drug-likeness (QED) is 0.847. The summed E-state index contributed by atoms with van der Waals surface area (Å²) in [6.45, 7) is 3.70. The van der Waals surface area contributed by atoms with Gasteiger partial charge in [0.25, 0.3) is 10.0 Å². The highest BCUT2D eigenvalue weighted by Crippen LogP contribution is 2.28. The van der Waals surface area contributed by atoms with Crippen LogP contribution in [0.2, 0.25) is 0 Å². The van der Waals surface area contributed by atoms with Gasteiger partial charge in [-0.15, -0.1) is 29.2 Å². The third kappa shape index (κ3) is 3.82. The van der Waals surface area contributed by atoms with Crippen molar-refractivity contribution in [2.45, 2.75) is 18.2 Å². The van der Waals surface area contributed by atoms with Gasteiger partial charge in [-0.2, -0.15) is 0 Å². The molecule has 2 heterocycles. The van der Waals surface area contributed by atoms with Crippen molar-refractivity contribution in [3.05, 3.63) is 36.2 Å². The Bertz CT molecular complexity index is 796. The van der Waals surface area contributed by atoms with Crippen molar-refractivity contribution in [3.8, 4) is 0 Å². The standard InChI is InChI=1S/C15H20N4O2S.2ClH/c1-12-9-17-10-13-5-3-6-14(15(12)13)22(20,21)19-8-4-7-16-11-18(19)2;;/h3,5-6,9-10,16H,4,7-8,11H2,1-2H3;2*1H. The Morgan fingerprint density at radius 2 is 1.96 bits per heavy atom. The van der Waals surface area contributed by atoms with Crippen LogP contribution in [0.5, 0.6) is 0 Å². The zero-order chi connectivity index (χ0) is 15.7. The molecule has 0 saturated carbocycles. The summed E-state index contributed by atoms with van der Waals surface area (Å²) in [6, 6.07) is 5.34. The van der Waals surface area contributed by atoms with Crippen LogP contribution in [-0.4, -0.2) is 49.6 Å². The number of aryl methyl sites for hydroxylation is 1. The third-order valence-corrected chi connectivity index (χ3v) is 5.83. The normalized spacial score (nSPS) is 16.9. The van der Waals surface area contributed by atoms with Crippen molar-refractivity contribution in [3.63, 3.8) is 0 Å². The summed E-state index contributed by atoms with van der Waals surface area (Å²) in [5, 5.41) is 6.53. The number of nitrogens with zero attached hydrogens (tertiary/aromatic N) is 3. The fraction of sp³-hybridized carbons (Fsp3) is 0.400. The second kappa shape index (κ2) is 8.42. The molecule has 134 valence electrons. The van der Waals surface area contributed by atoms with Crippen LogP contribution >= 0.6 is 24.8 Å². The number of aromatic nitrogens is 1. The fourth-order valence-electron chi connectivity index (χ4n) is 2.83. The van der Waals surface area contributed by atoms with Crippen molar-refractivity contribution in [1.29, 1.82) is 0 Å². The minimum atomic E-state index is -3.59. The van der Waals surface area contributed by atoms with Crippen LogP contribution in [0.4, 0.5) is 0 Å². The molecule has 1 aromatic carbocycles. The maximum Gasteiger partial charge on any atom is 0.256 e. The van der Waals surface area contributed by atoms with E-state index >= 15 is 0 Å². The van der Waals surface area contributed by atoms with Crippen molar-refractivity contribution < 1.29 is 8.42 Å². The van der Waals surface area contributed by atoms with Gasteiger partial charge in [0.2, 0.25) is 0 Å². The summed E-state index contributed by atoms with van der Waals surface area (Å²) in [5.74, 6) is 0. The van der Waals surface area contributed by atoms with E-state index < -0.39 is 10.0 Å². The number of hydrogen-bond acceptors (Lipinski definition) is 5. The summed E-state index contributed by atoms with van der Waals surface area (Å²) >= 11 is 0. The average molecular weight is 393 g/mol. The van der Waals surface area contributed by atoms with Crippen LogP contribution < -0.4 is 5.32 Å². The van der Waals surface area contributed by atoms with E-state index in [2.05, 4.69) is 10.3 Å². The summed E-state index contributed by atoms with van der Waals surface area (Å²) in [5.41, 5.74) is 0.868. The van der Waals surface area contributed by atoms with Gasteiger partial charge in [0.05, 0.1) is 11.6 Å². The monoisotopic (exact) mass is 392 g/mol. The largest absolute Gasteiger partial charge is 0.303 e. The van der Waals surface area contributed by atoms with Crippen molar-refractivity contribution >= 4 is 45.6 Å². The van der Waals surface area contributed by atoms with Crippen molar-refractivity contribution in [2.24, 2.45) is 0 Å². The van der Waals surface area contributed by atoms with Gasteiger partial charge < -0.3 is 5.32 Å². The number of halogens is 2. The van der Waals surface area contributed by atoms with Gasteiger partial charge in [0.1, 0.15) is 0 Å². The first-order chi connectivity index (χ1) is 10.5. The number of fused-ring (bicyclic) bond motifs is 1. The molecule has 0 bridgehead atoms. The number of benzene rings is 1. The smallest absolute Gasteiger partial charge is 0.256 e. The second-order valence-corrected chi connectivity index (χ2v) is 7.34. The van der Waals surface area contributed by atoms with Gasteiger partial charge in [-0.1, -0.05) is 12.1 Å². The lowest BCUT2D eigenvalue weighted by Gasteiger charge is -2.29. The number of nitrogens with one attached hydrogen (secondary N) is 1. The molecule has 6 nitrogen and oxygen atoms in total. The second-order valence-electron chi connectivity index (χ2n) is 5.53. The lowest BCUT2D eigenvalue weighted by Crippen LogP contribution is -2.45. The van der Waals surface area contributed by atoms with Crippen molar-refractivity contribution in [1.82, 2.24) is 19.7 Å². The molecule has 1 aliphatic heterocycles. The van der Waals surface area contributed by atoms with Crippen LogP contribution in [0.3, 0.4) is 0 Å². The van der Waals surface area contributed by atoms with E-state index in [0.717, 1.165) is 29.3 Å². The van der Waals surface area contributed by atoms with Crippen LogP contribution in [0, 0.1) is 6.92 Å². The molecule has 0 aliphatic carbocycles. The van der Waals surface area contributed by atoms with E-state index in [1.807, 2.05) is 13.0 Å². The van der Waals surface area contributed by atoms with Gasteiger partial charge in [0.15, 0.2) is 0 Å². The molecule has 0 amide bonds. The summed E-state index contributed by atoms with van der Waals surface area (Å²) in [7, 11) is -1.81. The molecule has 0 spiro atoms. The van der Waals surface area contributed by atoms with Crippen molar-refractivity contribution in [2.75, 3.05) is 26.8 Å². The predicted octanol–water partition coefficient (Wildman–Crippen LogP) is 2.18. The SMILES string of the molecule is Cc1cncc2cccc(S(=O)(=O)N3CCCNCN3C)c12.Cl.Cl. The Labute approximate surface area is 155 Å². The molecular weight excluding hydrogens is 371 g/mol. The molecule has 9 heteroatoms. The van der Waals surface area contributed by atoms with Crippen LogP contribution in [-0.2, 0) is 10.0 Å². The molecule has 1 saturated heterocycles. The van der Waals surface area contributed by atoms with E-state index in [4.69, 9.17) is 0 Å². The first-order valence-electron chi connectivity index (χ1n) is 7.29. The number of hydrazine groups is 1. The molecular formula is C15H22Cl2N4O2S. The topological polar surface area (TPSA) is 65.5 Å². The first-order valence-corrected chi connectivity index (χ1v) is 8.73. The van der Waals surface area contributed by atoms with E-state index in [9.17, 15) is 8.42 Å². The van der Waals surface area contributed by atoms with Crippen LogP contribution in [0.25, 0.3) is 10.8 Å². The molecule has 24 heavy (non-hydrogen) atoms. The highest BCUT2D eigenvalue weighted by molar-refractivity contribution is 7.89. The Morgan fingerprint density at radius 1 is 1.21 bits per heavy atom. The Morgan fingerprint density at radius 3 is 2.71 bits per heavy atom. The van der Waals surface area contributed by atoms with Crippen LogP contribution in [0.1, 0.15) is 12.0 Å². The molecule has 1 N–H and O–H groups in total. The summed E-state index contributed by atoms with van der Waals surface area (Å²) in [4.78, 5) is 4.50. The Kier molecular flexibility index (Phi) is 7.40.